The number of ether oxygens (including phenoxy) is 1. The van der Waals surface area contributed by atoms with E-state index < -0.39 is 33.9 Å². The van der Waals surface area contributed by atoms with Gasteiger partial charge in [-0.3, -0.25) is 10.1 Å². The van der Waals surface area contributed by atoms with Crippen LogP contribution in [0.2, 0.25) is 0 Å². The van der Waals surface area contributed by atoms with Gasteiger partial charge in [0.1, 0.15) is 0 Å². The molecule has 0 radical (unpaired) electrons. The van der Waals surface area contributed by atoms with Gasteiger partial charge in [-0.1, -0.05) is 15.9 Å². The van der Waals surface area contributed by atoms with Crippen molar-refractivity contribution in [3.05, 3.63) is 56.2 Å². The summed E-state index contributed by atoms with van der Waals surface area (Å²) in [6.07, 6.45) is 0. The second-order valence-electron chi connectivity index (χ2n) is 3.84. The standard InChI is InChI=1S/C12H7BrF2N2O3/c1-6-2-3-9(17(18)19)12(16-6)20-10-5-7(13)4-8(14)11(10)15/h2-5H,1H3. The Labute approximate surface area is 120 Å². The van der Waals surface area contributed by atoms with Gasteiger partial charge in [-0.2, -0.15) is 4.39 Å². The van der Waals surface area contributed by atoms with Gasteiger partial charge >= 0.3 is 5.69 Å². The highest BCUT2D eigenvalue weighted by Crippen LogP contribution is 2.33. The molecule has 1 aromatic heterocycles. The van der Waals surface area contributed by atoms with Crippen molar-refractivity contribution in [2.75, 3.05) is 0 Å². The molecule has 2 rings (SSSR count). The molecule has 1 heterocycles. The summed E-state index contributed by atoms with van der Waals surface area (Å²) in [5, 5.41) is 10.9. The predicted molar refractivity (Wildman–Crippen MR) is 69.8 cm³/mol. The molecule has 0 unspecified atom stereocenters. The van der Waals surface area contributed by atoms with Gasteiger partial charge in [-0.05, 0) is 25.1 Å². The predicted octanol–water partition coefficient (Wildman–Crippen LogP) is 4.13. The Morgan fingerprint density at radius 1 is 1.35 bits per heavy atom. The van der Waals surface area contributed by atoms with E-state index in [1.807, 2.05) is 0 Å². The van der Waals surface area contributed by atoms with Crippen LogP contribution in [0.25, 0.3) is 0 Å². The zero-order valence-corrected chi connectivity index (χ0v) is 11.6. The average Bonchev–Trinajstić information content (AvgIpc) is 2.35. The number of benzene rings is 1. The minimum Gasteiger partial charge on any atom is -0.430 e. The third-order valence-corrected chi connectivity index (χ3v) is 2.80. The van der Waals surface area contributed by atoms with Crippen molar-refractivity contribution < 1.29 is 18.4 Å². The average molecular weight is 345 g/mol. The number of aromatic nitrogens is 1. The molecule has 0 saturated carbocycles. The molecule has 20 heavy (non-hydrogen) atoms. The van der Waals surface area contributed by atoms with E-state index in [2.05, 4.69) is 20.9 Å². The molecule has 0 amide bonds. The van der Waals surface area contributed by atoms with Crippen molar-refractivity contribution in [2.45, 2.75) is 6.92 Å². The lowest BCUT2D eigenvalue weighted by Gasteiger charge is -2.08. The molecule has 0 spiro atoms. The van der Waals surface area contributed by atoms with Gasteiger partial charge in [0.2, 0.25) is 5.82 Å². The Balaban J connectivity index is 2.50. The fourth-order valence-electron chi connectivity index (χ4n) is 1.45. The summed E-state index contributed by atoms with van der Waals surface area (Å²) in [6, 6.07) is 4.68. The zero-order chi connectivity index (χ0) is 14.9. The van der Waals surface area contributed by atoms with E-state index in [9.17, 15) is 18.9 Å². The summed E-state index contributed by atoms with van der Waals surface area (Å²) in [5.41, 5.74) is 0.0110. The van der Waals surface area contributed by atoms with E-state index in [0.717, 1.165) is 12.1 Å². The van der Waals surface area contributed by atoms with Crippen LogP contribution >= 0.6 is 15.9 Å². The molecule has 0 aliphatic heterocycles. The third kappa shape index (κ3) is 2.90. The first kappa shape index (κ1) is 14.3. The second-order valence-corrected chi connectivity index (χ2v) is 4.75. The maximum Gasteiger partial charge on any atom is 0.331 e. The van der Waals surface area contributed by atoms with Gasteiger partial charge in [0.05, 0.1) is 4.92 Å². The Bertz CT molecular complexity index is 695. The molecule has 104 valence electrons. The minimum absolute atomic E-state index is 0.238. The highest BCUT2D eigenvalue weighted by Gasteiger charge is 2.20. The number of rotatable bonds is 3. The van der Waals surface area contributed by atoms with Gasteiger partial charge in [0.15, 0.2) is 11.6 Å². The summed E-state index contributed by atoms with van der Waals surface area (Å²) in [6.45, 7) is 1.59. The van der Waals surface area contributed by atoms with Crippen LogP contribution in [0.5, 0.6) is 11.6 Å². The van der Waals surface area contributed by atoms with Crippen molar-refractivity contribution in [3.8, 4) is 11.6 Å². The van der Waals surface area contributed by atoms with Crippen molar-refractivity contribution in [1.82, 2.24) is 4.98 Å². The van der Waals surface area contributed by atoms with Crippen molar-refractivity contribution in [3.63, 3.8) is 0 Å². The molecular weight excluding hydrogens is 338 g/mol. The van der Waals surface area contributed by atoms with Gasteiger partial charge in [0, 0.05) is 16.2 Å². The Morgan fingerprint density at radius 3 is 2.70 bits per heavy atom. The molecule has 0 bridgehead atoms. The molecule has 2 aromatic rings. The Hall–Kier alpha value is -2.09. The summed E-state index contributed by atoms with van der Waals surface area (Å²) in [5.74, 6) is -3.26. The van der Waals surface area contributed by atoms with E-state index in [1.54, 1.807) is 6.92 Å². The maximum atomic E-state index is 13.6. The number of nitro groups is 1. The number of hydrogen-bond donors (Lipinski definition) is 0. The van der Waals surface area contributed by atoms with Gasteiger partial charge < -0.3 is 4.74 Å². The van der Waals surface area contributed by atoms with E-state index in [-0.39, 0.29) is 4.47 Å². The maximum absolute atomic E-state index is 13.6. The fraction of sp³-hybridized carbons (Fsp3) is 0.0833. The number of nitrogens with zero attached hydrogens (tertiary/aromatic N) is 2. The lowest BCUT2D eigenvalue weighted by molar-refractivity contribution is -0.386. The monoisotopic (exact) mass is 344 g/mol. The molecule has 1 aromatic carbocycles. The quantitative estimate of drug-likeness (QED) is 0.477. The number of halogens is 3. The van der Waals surface area contributed by atoms with Crippen LogP contribution in [0.4, 0.5) is 14.5 Å². The molecule has 0 aliphatic rings. The Kier molecular flexibility index (Phi) is 3.93. The van der Waals surface area contributed by atoms with Gasteiger partial charge in [0.25, 0.3) is 5.88 Å². The van der Waals surface area contributed by atoms with Crippen molar-refractivity contribution in [1.29, 1.82) is 0 Å². The molecule has 0 fully saturated rings. The molecule has 5 nitrogen and oxygen atoms in total. The largest absolute Gasteiger partial charge is 0.430 e. The van der Waals surface area contributed by atoms with Crippen LogP contribution in [-0.4, -0.2) is 9.91 Å². The van der Waals surface area contributed by atoms with E-state index in [0.29, 0.717) is 5.69 Å². The number of pyridine rings is 1. The van der Waals surface area contributed by atoms with E-state index in [1.165, 1.54) is 12.1 Å². The topological polar surface area (TPSA) is 65.3 Å². The third-order valence-electron chi connectivity index (χ3n) is 2.34. The zero-order valence-electron chi connectivity index (χ0n) is 10.1. The first-order valence-electron chi connectivity index (χ1n) is 5.33. The SMILES string of the molecule is Cc1ccc([N+](=O)[O-])c(Oc2cc(Br)cc(F)c2F)n1. The van der Waals surface area contributed by atoms with Crippen LogP contribution in [-0.2, 0) is 0 Å². The highest BCUT2D eigenvalue weighted by atomic mass is 79.9. The molecular formula is C12H7BrF2N2O3. The van der Waals surface area contributed by atoms with E-state index in [4.69, 9.17) is 4.74 Å². The van der Waals surface area contributed by atoms with Gasteiger partial charge in [-0.15, -0.1) is 0 Å². The number of aryl methyl sites for hydroxylation is 1. The minimum atomic E-state index is -1.24. The van der Waals surface area contributed by atoms with Crippen LogP contribution in [0.15, 0.2) is 28.7 Å². The second kappa shape index (κ2) is 5.49. The Morgan fingerprint density at radius 2 is 2.05 bits per heavy atom. The van der Waals surface area contributed by atoms with Crippen LogP contribution in [0.3, 0.4) is 0 Å². The van der Waals surface area contributed by atoms with Crippen LogP contribution < -0.4 is 4.74 Å². The van der Waals surface area contributed by atoms with Gasteiger partial charge in [-0.25, -0.2) is 9.37 Å². The fourth-order valence-corrected chi connectivity index (χ4v) is 1.86. The summed E-state index contributed by atoms with van der Waals surface area (Å²) in [7, 11) is 0. The summed E-state index contributed by atoms with van der Waals surface area (Å²) < 4.78 is 32.1. The lowest BCUT2D eigenvalue weighted by atomic mass is 10.3. The first-order chi connectivity index (χ1) is 9.38. The van der Waals surface area contributed by atoms with E-state index >= 15 is 0 Å². The molecule has 8 heteroatoms. The normalized spacial score (nSPS) is 10.4. The molecule has 0 N–H and O–H groups in total. The molecule has 0 aliphatic carbocycles. The van der Waals surface area contributed by atoms with Crippen LogP contribution in [0, 0.1) is 28.7 Å². The molecule has 0 atom stereocenters. The van der Waals surface area contributed by atoms with Crippen molar-refractivity contribution in [2.24, 2.45) is 0 Å². The highest BCUT2D eigenvalue weighted by molar-refractivity contribution is 9.10. The molecule has 0 saturated heterocycles. The summed E-state index contributed by atoms with van der Waals surface area (Å²) in [4.78, 5) is 14.0. The lowest BCUT2D eigenvalue weighted by Crippen LogP contribution is -1.99. The smallest absolute Gasteiger partial charge is 0.331 e. The van der Waals surface area contributed by atoms with Crippen molar-refractivity contribution >= 4 is 21.6 Å². The first-order valence-corrected chi connectivity index (χ1v) is 6.12. The van der Waals surface area contributed by atoms with Crippen LogP contribution in [0.1, 0.15) is 5.69 Å². The summed E-state index contributed by atoms with van der Waals surface area (Å²) >= 11 is 2.98. The number of hydrogen-bond acceptors (Lipinski definition) is 4.